The van der Waals surface area contributed by atoms with Gasteiger partial charge in [0.05, 0.1) is 6.61 Å². The topological polar surface area (TPSA) is 35.5 Å². The second kappa shape index (κ2) is 13.1. The number of unbranched alkanes of at least 4 members (excludes halogenated alkanes) is 3. The van der Waals surface area contributed by atoms with Crippen molar-refractivity contribution in [3.63, 3.8) is 0 Å². The zero-order chi connectivity index (χ0) is 21.9. The molecule has 31 heavy (non-hydrogen) atoms. The van der Waals surface area contributed by atoms with Crippen molar-refractivity contribution in [1.29, 1.82) is 0 Å². The van der Waals surface area contributed by atoms with Gasteiger partial charge in [0.1, 0.15) is 11.9 Å². The Labute approximate surface area is 188 Å². The number of carbonyl (C=O) groups excluding carboxylic acids is 1. The van der Waals surface area contributed by atoms with E-state index in [1.807, 2.05) is 0 Å². The van der Waals surface area contributed by atoms with Crippen molar-refractivity contribution in [1.82, 2.24) is 0 Å². The lowest BCUT2D eigenvalue weighted by atomic mass is 9.84. The average molecular weight is 432 g/mol. The number of halogens is 1. The first kappa shape index (κ1) is 24.1. The maximum atomic E-state index is 14.0. The Balaban J connectivity index is 1.31. The molecule has 0 amide bonds. The Morgan fingerprint density at radius 1 is 1.00 bits per heavy atom. The molecule has 0 aliphatic heterocycles. The lowest BCUT2D eigenvalue weighted by Gasteiger charge is -2.28. The van der Waals surface area contributed by atoms with Crippen LogP contribution >= 0.6 is 0 Å². The van der Waals surface area contributed by atoms with Crippen molar-refractivity contribution >= 4 is 5.97 Å². The number of ether oxygens (including phenoxy) is 2. The number of hydrogen-bond acceptors (Lipinski definition) is 3. The monoisotopic (exact) mass is 431 g/mol. The number of rotatable bonds is 11. The fraction of sp³-hybridized carbons (Fsp3) is 0.704. The molecule has 2 aliphatic rings. The summed E-state index contributed by atoms with van der Waals surface area (Å²) in [5.74, 6) is 1.44. The molecule has 0 unspecified atom stereocenters. The van der Waals surface area contributed by atoms with E-state index in [1.54, 1.807) is 0 Å². The molecule has 0 saturated heterocycles. The lowest BCUT2D eigenvalue weighted by molar-refractivity contribution is -0.157. The molecule has 173 valence electrons. The minimum absolute atomic E-state index is 0.135. The quantitative estimate of drug-likeness (QED) is 0.272. The highest BCUT2D eigenvalue weighted by Crippen LogP contribution is 2.33. The van der Waals surface area contributed by atoms with Crippen LogP contribution in [-0.2, 0) is 9.53 Å². The number of alkyl halides is 1. The van der Waals surface area contributed by atoms with E-state index in [-0.39, 0.29) is 6.10 Å². The summed E-state index contributed by atoms with van der Waals surface area (Å²) in [7, 11) is 0. The highest BCUT2D eigenvalue weighted by molar-refractivity contribution is 5.74. The van der Waals surface area contributed by atoms with Gasteiger partial charge in [-0.25, -0.2) is 9.18 Å². The third-order valence-corrected chi connectivity index (χ3v) is 6.92. The minimum atomic E-state index is -1.47. The van der Waals surface area contributed by atoms with E-state index in [9.17, 15) is 9.18 Å². The highest BCUT2D eigenvalue weighted by atomic mass is 19.1. The van der Waals surface area contributed by atoms with Gasteiger partial charge < -0.3 is 9.47 Å². The number of carbonyl (C=O) groups is 1. The summed E-state index contributed by atoms with van der Waals surface area (Å²) in [6.45, 7) is 2.82. The lowest BCUT2D eigenvalue weighted by Crippen LogP contribution is -2.30. The Morgan fingerprint density at radius 3 is 2.39 bits per heavy atom. The van der Waals surface area contributed by atoms with Gasteiger partial charge in [0.2, 0.25) is 0 Å². The van der Waals surface area contributed by atoms with Gasteiger partial charge in [-0.3, -0.25) is 0 Å². The van der Waals surface area contributed by atoms with Crippen molar-refractivity contribution in [3.05, 3.63) is 36.2 Å². The Morgan fingerprint density at radius 2 is 1.71 bits per heavy atom. The van der Waals surface area contributed by atoms with Crippen LogP contribution in [0, 0.1) is 12.3 Å². The molecule has 0 heterocycles. The third-order valence-electron chi connectivity index (χ3n) is 6.92. The van der Waals surface area contributed by atoms with Gasteiger partial charge in [0.25, 0.3) is 0 Å². The van der Waals surface area contributed by atoms with E-state index in [0.29, 0.717) is 24.9 Å². The standard InChI is InChI=1S/C27H40FO3/c1-2-3-4-8-11-26(28)27(29)31-25-16-12-21(13-17-25)20-30-24-18-14-23(15-19-24)22-9-6-5-7-10-22/h5,14-15,18-19,21-22,25-26H,2-4,6-13,16-17,20H2,1H3/t21-,25-,26-/m0/s1. The van der Waals surface area contributed by atoms with Crippen LogP contribution < -0.4 is 4.74 Å². The second-order valence-electron chi connectivity index (χ2n) is 9.42. The van der Waals surface area contributed by atoms with Crippen LogP contribution in [0.15, 0.2) is 24.3 Å². The summed E-state index contributed by atoms with van der Waals surface area (Å²) in [6, 6.07) is 8.64. The van der Waals surface area contributed by atoms with Gasteiger partial charge in [-0.05, 0) is 100 Å². The molecule has 0 N–H and O–H groups in total. The summed E-state index contributed by atoms with van der Waals surface area (Å²) in [4.78, 5) is 12.0. The van der Waals surface area contributed by atoms with Crippen LogP contribution in [0.5, 0.6) is 5.75 Å². The molecule has 2 aliphatic carbocycles. The predicted molar refractivity (Wildman–Crippen MR) is 123 cm³/mol. The predicted octanol–water partition coefficient (Wildman–Crippen LogP) is 7.34. The Hall–Kier alpha value is -1.58. The van der Waals surface area contributed by atoms with E-state index < -0.39 is 12.1 Å². The van der Waals surface area contributed by atoms with E-state index in [1.165, 1.54) is 31.2 Å². The fourth-order valence-electron chi connectivity index (χ4n) is 4.83. The number of hydrogen-bond donors (Lipinski definition) is 0. The third kappa shape index (κ3) is 8.12. The van der Waals surface area contributed by atoms with E-state index in [0.717, 1.165) is 57.1 Å². The maximum absolute atomic E-state index is 14.0. The molecule has 3 nitrogen and oxygen atoms in total. The summed E-state index contributed by atoms with van der Waals surface area (Å²) in [6.07, 6.45) is 13.5. The summed E-state index contributed by atoms with van der Waals surface area (Å²) < 4.78 is 25.5. The highest BCUT2D eigenvalue weighted by Gasteiger charge is 2.27. The first-order chi connectivity index (χ1) is 15.2. The molecule has 2 saturated carbocycles. The minimum Gasteiger partial charge on any atom is -0.493 e. The van der Waals surface area contributed by atoms with E-state index in [2.05, 4.69) is 37.6 Å². The largest absolute Gasteiger partial charge is 0.493 e. The molecular weight excluding hydrogens is 391 g/mol. The van der Waals surface area contributed by atoms with Crippen LogP contribution in [0.2, 0.25) is 0 Å². The molecule has 0 bridgehead atoms. The molecule has 0 aromatic heterocycles. The van der Waals surface area contributed by atoms with Crippen molar-refractivity contribution in [2.75, 3.05) is 6.61 Å². The molecule has 1 atom stereocenters. The van der Waals surface area contributed by atoms with Crippen molar-refractivity contribution in [2.24, 2.45) is 5.92 Å². The summed E-state index contributed by atoms with van der Waals surface area (Å²) in [5.41, 5.74) is 1.43. The van der Waals surface area contributed by atoms with Crippen molar-refractivity contribution < 1.29 is 18.7 Å². The molecular formula is C27H40FO3. The summed E-state index contributed by atoms with van der Waals surface area (Å²) in [5, 5.41) is 0. The van der Waals surface area contributed by atoms with Crippen LogP contribution in [0.4, 0.5) is 4.39 Å². The van der Waals surface area contributed by atoms with Gasteiger partial charge in [-0.2, -0.15) is 0 Å². The fourth-order valence-corrected chi connectivity index (χ4v) is 4.83. The summed E-state index contributed by atoms with van der Waals surface area (Å²) >= 11 is 0. The van der Waals surface area contributed by atoms with Gasteiger partial charge in [0.15, 0.2) is 6.17 Å². The van der Waals surface area contributed by atoms with E-state index in [4.69, 9.17) is 9.47 Å². The smallest absolute Gasteiger partial charge is 0.340 e. The first-order valence-electron chi connectivity index (χ1n) is 12.5. The van der Waals surface area contributed by atoms with Crippen molar-refractivity contribution in [3.8, 4) is 5.75 Å². The number of esters is 1. The van der Waals surface area contributed by atoms with Gasteiger partial charge in [-0.15, -0.1) is 0 Å². The van der Waals surface area contributed by atoms with Crippen LogP contribution in [0.25, 0.3) is 0 Å². The molecule has 1 aromatic carbocycles. The SMILES string of the molecule is CCCCCC[C@H](F)C(=O)O[C@H]1CC[C@H](COc2ccc(C3CC[CH]CC3)cc2)CC1. The zero-order valence-electron chi connectivity index (χ0n) is 19.2. The Kier molecular flexibility index (Phi) is 10.2. The molecule has 2 fully saturated rings. The Bertz CT molecular complexity index is 630. The van der Waals surface area contributed by atoms with Crippen LogP contribution in [-0.4, -0.2) is 24.9 Å². The molecule has 3 rings (SSSR count). The maximum Gasteiger partial charge on any atom is 0.340 e. The second-order valence-corrected chi connectivity index (χ2v) is 9.42. The molecule has 1 radical (unpaired) electrons. The van der Waals surface area contributed by atoms with Crippen LogP contribution in [0.3, 0.4) is 0 Å². The van der Waals surface area contributed by atoms with Gasteiger partial charge >= 0.3 is 5.97 Å². The van der Waals surface area contributed by atoms with Crippen molar-refractivity contribution in [2.45, 2.75) is 109 Å². The first-order valence-corrected chi connectivity index (χ1v) is 12.5. The molecule has 1 aromatic rings. The average Bonchev–Trinajstić information content (AvgIpc) is 2.82. The molecule has 0 spiro atoms. The normalized spacial score (nSPS) is 23.3. The van der Waals surface area contributed by atoms with Gasteiger partial charge in [0, 0.05) is 0 Å². The molecule has 4 heteroatoms. The van der Waals surface area contributed by atoms with Crippen LogP contribution in [0.1, 0.15) is 102 Å². The van der Waals surface area contributed by atoms with E-state index >= 15 is 0 Å². The number of benzene rings is 1. The zero-order valence-corrected chi connectivity index (χ0v) is 19.2. The van der Waals surface area contributed by atoms with Gasteiger partial charge in [-0.1, -0.05) is 38.3 Å².